The fourth-order valence-corrected chi connectivity index (χ4v) is 5.96. The van der Waals surface area contributed by atoms with Gasteiger partial charge in [-0.3, -0.25) is 13.7 Å². The number of anilines is 2. The van der Waals surface area contributed by atoms with Gasteiger partial charge in [0, 0.05) is 0 Å². The van der Waals surface area contributed by atoms with E-state index >= 15 is 0 Å². The molecule has 0 radical (unpaired) electrons. The topological polar surface area (TPSA) is 308 Å². The van der Waals surface area contributed by atoms with E-state index in [4.69, 9.17) is 16.0 Å². The molecule has 226 valence electrons. The Labute approximate surface area is 239 Å². The van der Waals surface area contributed by atoms with Gasteiger partial charge in [-0.1, -0.05) is 12.1 Å². The number of rotatable bonds is 11. The van der Waals surface area contributed by atoms with E-state index in [0.717, 1.165) is 24.3 Å². The van der Waals surface area contributed by atoms with E-state index in [0.29, 0.717) is 6.07 Å². The fourth-order valence-electron chi connectivity index (χ4n) is 3.10. The van der Waals surface area contributed by atoms with Crippen molar-refractivity contribution in [1.82, 2.24) is 0 Å². The molecule has 0 atom stereocenters. The Morgan fingerprint density at radius 3 is 1.64 bits per heavy atom. The predicted octanol–water partition coefficient (Wildman–Crippen LogP) is 2.77. The van der Waals surface area contributed by atoms with Gasteiger partial charge >= 0.3 is 10.4 Å². The summed E-state index contributed by atoms with van der Waals surface area (Å²) < 4.78 is 125. The number of hydrogen-bond acceptors (Lipinski definition) is 15. The summed E-state index contributed by atoms with van der Waals surface area (Å²) >= 11 is 0. The van der Waals surface area contributed by atoms with Gasteiger partial charge in [0.2, 0.25) is 0 Å². The summed E-state index contributed by atoms with van der Waals surface area (Å²) in [5, 5.41) is 15.1. The highest BCUT2D eigenvalue weighted by atomic mass is 32.3. The molecule has 0 aromatic heterocycles. The first-order valence-corrected chi connectivity index (χ1v) is 16.7. The van der Waals surface area contributed by atoms with Crippen LogP contribution >= 0.6 is 0 Å². The highest BCUT2D eigenvalue weighted by Gasteiger charge is 2.23. The first kappa shape index (κ1) is 32.6. The second kappa shape index (κ2) is 12.1. The molecule has 3 aromatic rings. The van der Waals surface area contributed by atoms with E-state index < -0.39 is 73.2 Å². The van der Waals surface area contributed by atoms with Gasteiger partial charge in [0.1, 0.15) is 32.5 Å². The summed E-state index contributed by atoms with van der Waals surface area (Å²) in [6.45, 7) is -0.985. The summed E-state index contributed by atoms with van der Waals surface area (Å²) in [5.41, 5.74) is 10.6. The largest absolute Gasteiger partial charge is 0.397 e. The van der Waals surface area contributed by atoms with Crippen LogP contribution in [0.5, 0.6) is 0 Å². The first-order chi connectivity index (χ1) is 19.3. The van der Waals surface area contributed by atoms with E-state index in [1.165, 1.54) is 24.3 Å². The van der Waals surface area contributed by atoms with Crippen LogP contribution in [-0.2, 0) is 44.7 Å². The molecule has 3 aromatic carbocycles. The summed E-state index contributed by atoms with van der Waals surface area (Å²) in [5.74, 6) is -0.980. The number of hydrogen-bond donors (Lipinski definition) is 5. The molecule has 22 heteroatoms. The van der Waals surface area contributed by atoms with Crippen LogP contribution in [0.1, 0.15) is 0 Å². The fraction of sp³-hybridized carbons (Fsp3) is 0.100. The van der Waals surface area contributed by atoms with Gasteiger partial charge in [0.15, 0.2) is 9.84 Å². The molecule has 0 unspecified atom stereocenters. The molecule has 0 spiro atoms. The highest BCUT2D eigenvalue weighted by Crippen LogP contribution is 2.37. The lowest BCUT2D eigenvalue weighted by molar-refractivity contribution is 0.284. The molecule has 18 nitrogen and oxygen atoms in total. The van der Waals surface area contributed by atoms with Crippen LogP contribution in [0, 0.1) is 0 Å². The maximum atomic E-state index is 12.5. The first-order valence-electron chi connectivity index (χ1n) is 10.8. The standard InChI is InChI=1S/C20H20N6O12S4/c21-13-10-14(22)18(11-17(13)25-23-15-3-1-2-4-19(15)40(29,30)31)26-24-16-6-5-12(9-20(16)41(32,33)34)39(27,28)8-7-38-42(35,36)37/h1-6,9-11H,7-8,21-22H2,(H,29,30,31)(H,32,33,34)(H,35,36,37). The van der Waals surface area contributed by atoms with Crippen molar-refractivity contribution in [3.8, 4) is 0 Å². The van der Waals surface area contributed by atoms with Crippen molar-refractivity contribution in [2.24, 2.45) is 20.5 Å². The molecule has 7 N–H and O–H groups in total. The zero-order chi connectivity index (χ0) is 31.5. The van der Waals surface area contributed by atoms with Gasteiger partial charge in [-0.2, -0.15) is 25.3 Å². The number of nitrogen functional groups attached to an aromatic ring is 2. The van der Waals surface area contributed by atoms with Gasteiger partial charge in [-0.15, -0.1) is 20.5 Å². The van der Waals surface area contributed by atoms with Crippen LogP contribution in [0.2, 0.25) is 0 Å². The molecule has 0 aliphatic heterocycles. The molecule has 0 saturated carbocycles. The Kier molecular flexibility index (Phi) is 9.43. The number of azo groups is 2. The summed E-state index contributed by atoms with van der Waals surface area (Å²) in [6, 6.07) is 9.78. The third-order valence-electron chi connectivity index (χ3n) is 5.00. The number of benzene rings is 3. The van der Waals surface area contributed by atoms with E-state index in [9.17, 15) is 42.8 Å². The van der Waals surface area contributed by atoms with E-state index in [1.807, 2.05) is 0 Å². The highest BCUT2D eigenvalue weighted by molar-refractivity contribution is 7.91. The van der Waals surface area contributed by atoms with E-state index in [-0.39, 0.29) is 28.4 Å². The molecule has 0 heterocycles. The molecular formula is C20H20N6O12S4. The molecule has 0 fully saturated rings. The van der Waals surface area contributed by atoms with E-state index in [1.54, 1.807) is 0 Å². The molecule has 0 aliphatic rings. The quantitative estimate of drug-likeness (QED) is 0.112. The van der Waals surface area contributed by atoms with Crippen molar-refractivity contribution in [2.75, 3.05) is 23.8 Å². The Morgan fingerprint density at radius 2 is 1.12 bits per heavy atom. The summed E-state index contributed by atoms with van der Waals surface area (Å²) in [4.78, 5) is -2.18. The lowest BCUT2D eigenvalue weighted by Crippen LogP contribution is -2.16. The van der Waals surface area contributed by atoms with Crippen molar-refractivity contribution >= 4 is 74.6 Å². The van der Waals surface area contributed by atoms with Gasteiger partial charge in [0.05, 0.1) is 28.6 Å². The Morgan fingerprint density at radius 1 is 0.619 bits per heavy atom. The normalized spacial score (nSPS) is 13.2. The van der Waals surface area contributed by atoms with Crippen molar-refractivity contribution < 1.29 is 51.5 Å². The summed E-state index contributed by atoms with van der Waals surface area (Å²) in [6.07, 6.45) is 0. The SMILES string of the molecule is Nc1cc(N)c(N=Nc2ccc(S(=O)(=O)CCOS(=O)(=O)O)cc2S(=O)(=O)O)cc1N=Nc1ccccc1S(=O)(=O)O. The van der Waals surface area contributed by atoms with Gasteiger partial charge in [0.25, 0.3) is 20.2 Å². The third kappa shape index (κ3) is 8.56. The molecule has 42 heavy (non-hydrogen) atoms. The Hall–Kier alpha value is -3.90. The average molecular weight is 665 g/mol. The second-order valence-corrected chi connectivity index (χ2v) is 14.0. The van der Waals surface area contributed by atoms with Crippen LogP contribution in [-0.4, -0.2) is 59.7 Å². The molecule has 0 saturated heterocycles. The van der Waals surface area contributed by atoms with E-state index in [2.05, 4.69) is 24.6 Å². The molecule has 3 rings (SSSR count). The lowest BCUT2D eigenvalue weighted by atomic mass is 10.2. The van der Waals surface area contributed by atoms with Crippen LogP contribution in [0.3, 0.4) is 0 Å². The smallest absolute Gasteiger partial charge is 0.397 e. The number of sulfone groups is 1. The molecule has 0 aliphatic carbocycles. The maximum absolute atomic E-state index is 12.5. The Bertz CT molecular complexity index is 2030. The van der Waals surface area contributed by atoms with Gasteiger partial charge in [-0.25, -0.2) is 12.6 Å². The number of nitrogens with two attached hydrogens (primary N) is 2. The van der Waals surface area contributed by atoms with Gasteiger partial charge < -0.3 is 11.5 Å². The van der Waals surface area contributed by atoms with Crippen LogP contribution < -0.4 is 11.5 Å². The summed E-state index contributed by atoms with van der Waals surface area (Å²) in [7, 11) is -19.0. The zero-order valence-electron chi connectivity index (χ0n) is 20.7. The number of nitrogens with zero attached hydrogens (tertiary/aromatic N) is 4. The third-order valence-corrected chi connectivity index (χ3v) is 8.93. The van der Waals surface area contributed by atoms with Gasteiger partial charge in [-0.05, 0) is 42.5 Å². The minimum atomic E-state index is -5.08. The van der Waals surface area contributed by atoms with Crippen LogP contribution in [0.4, 0.5) is 34.1 Å². The minimum absolute atomic E-state index is 0.0364. The van der Waals surface area contributed by atoms with Crippen molar-refractivity contribution in [3.05, 3.63) is 54.6 Å². The monoisotopic (exact) mass is 664 g/mol. The second-order valence-electron chi connectivity index (χ2n) is 7.99. The molecule has 0 bridgehead atoms. The Balaban J connectivity index is 1.99. The minimum Gasteiger partial charge on any atom is -0.397 e. The van der Waals surface area contributed by atoms with Crippen LogP contribution in [0.25, 0.3) is 0 Å². The lowest BCUT2D eigenvalue weighted by Gasteiger charge is -2.08. The van der Waals surface area contributed by atoms with Crippen molar-refractivity contribution in [3.63, 3.8) is 0 Å². The molecule has 0 amide bonds. The zero-order valence-corrected chi connectivity index (χ0v) is 24.0. The van der Waals surface area contributed by atoms with Crippen molar-refractivity contribution in [2.45, 2.75) is 14.7 Å². The van der Waals surface area contributed by atoms with Crippen LogP contribution in [0.15, 0.2) is 89.7 Å². The maximum Gasteiger partial charge on any atom is 0.397 e. The predicted molar refractivity (Wildman–Crippen MR) is 146 cm³/mol. The van der Waals surface area contributed by atoms with Crippen molar-refractivity contribution in [1.29, 1.82) is 0 Å². The molecular weight excluding hydrogens is 645 g/mol. The average Bonchev–Trinajstić information content (AvgIpc) is 2.85.